The molecule has 0 radical (unpaired) electrons. The van der Waals surface area contributed by atoms with Crippen LogP contribution in [0.5, 0.6) is 5.75 Å². The molecule has 0 N–H and O–H groups in total. The minimum Gasteiger partial charge on any atom is -0.489 e. The Kier molecular flexibility index (Phi) is 5.36. The van der Waals surface area contributed by atoms with Crippen molar-refractivity contribution in [1.82, 2.24) is 0 Å². The molecule has 2 aromatic rings. The molecule has 0 aliphatic carbocycles. The summed E-state index contributed by atoms with van der Waals surface area (Å²) < 4.78 is 32.6. The second-order valence-corrected chi connectivity index (χ2v) is 6.45. The van der Waals surface area contributed by atoms with E-state index in [4.69, 9.17) is 4.74 Å². The van der Waals surface area contributed by atoms with E-state index in [1.165, 1.54) is 7.11 Å². The Hall–Kier alpha value is -1.85. The topological polar surface area (TPSA) is 52.6 Å². The maximum Gasteiger partial charge on any atom is 0.267 e. The highest BCUT2D eigenvalue weighted by molar-refractivity contribution is 7.86. The molecule has 0 fully saturated rings. The van der Waals surface area contributed by atoms with Gasteiger partial charge < -0.3 is 4.74 Å². The van der Waals surface area contributed by atoms with Crippen LogP contribution in [0.3, 0.4) is 0 Å². The predicted molar refractivity (Wildman–Crippen MR) is 81.7 cm³/mol. The van der Waals surface area contributed by atoms with E-state index in [9.17, 15) is 8.42 Å². The Morgan fingerprint density at radius 3 is 2.19 bits per heavy atom. The van der Waals surface area contributed by atoms with Gasteiger partial charge in [0.15, 0.2) is 0 Å². The fraction of sp³-hybridized carbons (Fsp3) is 0.250. The first-order valence-corrected chi connectivity index (χ1v) is 8.21. The fourth-order valence-electron chi connectivity index (χ4n) is 1.82. The Morgan fingerprint density at radius 2 is 1.57 bits per heavy atom. The molecule has 0 atom stereocenters. The van der Waals surface area contributed by atoms with Gasteiger partial charge in [0.1, 0.15) is 12.4 Å². The van der Waals surface area contributed by atoms with E-state index in [0.717, 1.165) is 16.9 Å². The summed E-state index contributed by atoms with van der Waals surface area (Å²) in [5, 5.41) is 0. The highest BCUT2D eigenvalue weighted by atomic mass is 32.2. The molecule has 4 nitrogen and oxygen atoms in total. The average Bonchev–Trinajstić information content (AvgIpc) is 2.53. The van der Waals surface area contributed by atoms with E-state index in [1.807, 2.05) is 54.6 Å². The number of hydrogen-bond acceptors (Lipinski definition) is 4. The molecule has 0 aromatic heterocycles. The smallest absolute Gasteiger partial charge is 0.267 e. The van der Waals surface area contributed by atoms with Crippen molar-refractivity contribution >= 4 is 10.1 Å². The zero-order chi connectivity index (χ0) is 15.1. The summed E-state index contributed by atoms with van der Waals surface area (Å²) in [6, 6.07) is 17.3. The summed E-state index contributed by atoms with van der Waals surface area (Å²) in [6.45, 7) is 0.512. The molecule has 2 rings (SSSR count). The summed E-state index contributed by atoms with van der Waals surface area (Å²) in [5.41, 5.74) is 2.04. The zero-order valence-electron chi connectivity index (χ0n) is 11.9. The van der Waals surface area contributed by atoms with Crippen molar-refractivity contribution in [3.8, 4) is 5.75 Å². The number of rotatable bonds is 7. The van der Waals surface area contributed by atoms with Gasteiger partial charge in [-0.3, -0.25) is 4.18 Å². The molecule has 0 saturated heterocycles. The monoisotopic (exact) mass is 306 g/mol. The lowest BCUT2D eigenvalue weighted by Gasteiger charge is -2.07. The lowest BCUT2D eigenvalue weighted by atomic mass is 10.2. The fourth-order valence-corrected chi connectivity index (χ4v) is 2.47. The van der Waals surface area contributed by atoms with Gasteiger partial charge in [0.05, 0.1) is 12.9 Å². The molecular formula is C16H18O4S. The van der Waals surface area contributed by atoms with Crippen LogP contribution < -0.4 is 4.74 Å². The van der Waals surface area contributed by atoms with E-state index in [1.54, 1.807) is 0 Å². The first kappa shape index (κ1) is 15.5. The highest BCUT2D eigenvalue weighted by Crippen LogP contribution is 2.15. The average molecular weight is 306 g/mol. The molecule has 5 heteroatoms. The third-order valence-corrected chi connectivity index (χ3v) is 4.28. The van der Waals surface area contributed by atoms with E-state index >= 15 is 0 Å². The largest absolute Gasteiger partial charge is 0.489 e. The third-order valence-electron chi connectivity index (χ3n) is 3.07. The summed E-state index contributed by atoms with van der Waals surface area (Å²) in [5.74, 6) is 0.741. The molecule has 2 aromatic carbocycles. The van der Waals surface area contributed by atoms with Gasteiger partial charge in [-0.2, -0.15) is 8.42 Å². The van der Waals surface area contributed by atoms with Gasteiger partial charge in [-0.15, -0.1) is 0 Å². The van der Waals surface area contributed by atoms with Crippen molar-refractivity contribution in [1.29, 1.82) is 0 Å². The quantitative estimate of drug-likeness (QED) is 0.738. The van der Waals surface area contributed by atoms with Crippen LogP contribution in [0.25, 0.3) is 0 Å². The lowest BCUT2D eigenvalue weighted by Crippen LogP contribution is -2.09. The Labute approximate surface area is 125 Å². The van der Waals surface area contributed by atoms with E-state index in [0.29, 0.717) is 13.0 Å². The number of benzene rings is 2. The zero-order valence-corrected chi connectivity index (χ0v) is 12.7. The second-order valence-electron chi connectivity index (χ2n) is 4.60. The summed E-state index contributed by atoms with van der Waals surface area (Å²) in [6.07, 6.45) is 0.426. The van der Waals surface area contributed by atoms with Gasteiger partial charge in [0.25, 0.3) is 10.1 Å². The van der Waals surface area contributed by atoms with Crippen molar-refractivity contribution in [2.45, 2.75) is 13.0 Å². The predicted octanol–water partition coefficient (Wildman–Crippen LogP) is 2.78. The van der Waals surface area contributed by atoms with Gasteiger partial charge >= 0.3 is 0 Å². The second kappa shape index (κ2) is 7.24. The minimum absolute atomic E-state index is 0.0201. The first-order valence-electron chi connectivity index (χ1n) is 6.63. The molecular weight excluding hydrogens is 288 g/mol. The standard InChI is InChI=1S/C16H18O4S/c1-19-21(17,18)12-11-14-7-9-16(10-8-14)20-13-15-5-3-2-4-6-15/h2-10H,11-13H2,1H3. The Balaban J connectivity index is 1.87. The first-order chi connectivity index (χ1) is 10.1. The van der Waals surface area contributed by atoms with Crippen LogP contribution in [0.1, 0.15) is 11.1 Å². The molecule has 21 heavy (non-hydrogen) atoms. The maximum atomic E-state index is 11.3. The maximum absolute atomic E-state index is 11.3. The van der Waals surface area contributed by atoms with Crippen LogP contribution >= 0.6 is 0 Å². The minimum atomic E-state index is -3.41. The number of ether oxygens (including phenoxy) is 1. The molecule has 0 aliphatic heterocycles. The highest BCUT2D eigenvalue weighted by Gasteiger charge is 2.08. The summed E-state index contributed by atoms with van der Waals surface area (Å²) >= 11 is 0. The Morgan fingerprint density at radius 1 is 0.905 bits per heavy atom. The SMILES string of the molecule is COS(=O)(=O)CCc1ccc(OCc2ccccc2)cc1. The van der Waals surface area contributed by atoms with E-state index < -0.39 is 10.1 Å². The molecule has 112 valence electrons. The third kappa shape index (κ3) is 5.21. The molecule has 0 bridgehead atoms. The van der Waals surface area contributed by atoms with Crippen molar-refractivity contribution in [2.24, 2.45) is 0 Å². The molecule has 0 aliphatic rings. The lowest BCUT2D eigenvalue weighted by molar-refractivity contribution is 0.306. The van der Waals surface area contributed by atoms with Crippen molar-refractivity contribution < 1.29 is 17.3 Å². The van der Waals surface area contributed by atoms with Crippen LogP contribution in [0.15, 0.2) is 54.6 Å². The van der Waals surface area contributed by atoms with Gasteiger partial charge in [0, 0.05) is 0 Å². The summed E-state index contributed by atoms with van der Waals surface area (Å²) in [7, 11) is -2.23. The van der Waals surface area contributed by atoms with Crippen LogP contribution in [0, 0.1) is 0 Å². The molecule has 0 spiro atoms. The van der Waals surface area contributed by atoms with Gasteiger partial charge in [-0.05, 0) is 29.7 Å². The number of aryl methyl sites for hydroxylation is 1. The van der Waals surface area contributed by atoms with Crippen molar-refractivity contribution in [2.75, 3.05) is 12.9 Å². The van der Waals surface area contributed by atoms with Crippen molar-refractivity contribution in [3.05, 3.63) is 65.7 Å². The van der Waals surface area contributed by atoms with Crippen LogP contribution in [0.4, 0.5) is 0 Å². The molecule has 0 unspecified atom stereocenters. The molecule has 0 amide bonds. The van der Waals surface area contributed by atoms with Gasteiger partial charge in [0.2, 0.25) is 0 Å². The van der Waals surface area contributed by atoms with Gasteiger partial charge in [-0.25, -0.2) is 0 Å². The van der Waals surface area contributed by atoms with Crippen LogP contribution in [-0.2, 0) is 27.3 Å². The van der Waals surface area contributed by atoms with Crippen molar-refractivity contribution in [3.63, 3.8) is 0 Å². The van der Waals surface area contributed by atoms with E-state index in [2.05, 4.69) is 4.18 Å². The van der Waals surface area contributed by atoms with E-state index in [-0.39, 0.29) is 5.75 Å². The summed E-state index contributed by atoms with van der Waals surface area (Å²) in [4.78, 5) is 0. The van der Waals surface area contributed by atoms with Gasteiger partial charge in [-0.1, -0.05) is 42.5 Å². The normalized spacial score (nSPS) is 11.3. The number of hydrogen-bond donors (Lipinski definition) is 0. The molecule has 0 saturated carbocycles. The van der Waals surface area contributed by atoms with Crippen LogP contribution in [0.2, 0.25) is 0 Å². The Bertz CT molecular complexity index is 648. The van der Waals surface area contributed by atoms with Crippen LogP contribution in [-0.4, -0.2) is 21.3 Å². The molecule has 0 heterocycles.